The van der Waals surface area contributed by atoms with Crippen molar-refractivity contribution in [2.24, 2.45) is 22.2 Å². The molecule has 2 aliphatic rings. The van der Waals surface area contributed by atoms with Crippen LogP contribution in [-0.4, -0.2) is 11.8 Å². The Hall–Kier alpha value is -0.330. The van der Waals surface area contributed by atoms with Gasteiger partial charge in [0.05, 0.1) is 6.04 Å². The van der Waals surface area contributed by atoms with Crippen molar-refractivity contribution in [2.45, 2.75) is 40.2 Å². The maximum absolute atomic E-state index is 4.68. The molecule has 1 saturated carbocycles. The average molecular weight is 151 g/mol. The zero-order valence-corrected chi connectivity index (χ0v) is 7.89. The lowest BCUT2D eigenvalue weighted by Gasteiger charge is -2.14. The summed E-state index contributed by atoms with van der Waals surface area (Å²) in [5.41, 5.74) is 1.88. The first-order valence-corrected chi connectivity index (χ1v) is 4.56. The molecule has 0 saturated heterocycles. The SMILES string of the molecule is CC1=N[C@H]2[C@@H]([C@@H](C)C1)C2(C)C. The third-order valence-electron chi connectivity index (χ3n) is 3.44. The molecule has 1 heterocycles. The number of rotatable bonds is 0. The molecule has 1 fully saturated rings. The fourth-order valence-corrected chi connectivity index (χ4v) is 2.82. The molecule has 0 aromatic rings. The summed E-state index contributed by atoms with van der Waals surface area (Å²) in [7, 11) is 0. The Kier molecular flexibility index (Phi) is 1.25. The molecule has 1 aliphatic carbocycles. The van der Waals surface area contributed by atoms with Gasteiger partial charge in [0.1, 0.15) is 0 Å². The summed E-state index contributed by atoms with van der Waals surface area (Å²) in [4.78, 5) is 4.68. The molecule has 2 rings (SSSR count). The van der Waals surface area contributed by atoms with Gasteiger partial charge in [0.25, 0.3) is 0 Å². The van der Waals surface area contributed by atoms with Gasteiger partial charge in [0, 0.05) is 5.71 Å². The first-order valence-electron chi connectivity index (χ1n) is 4.56. The average Bonchev–Trinajstić information content (AvgIpc) is 2.34. The van der Waals surface area contributed by atoms with Gasteiger partial charge >= 0.3 is 0 Å². The van der Waals surface area contributed by atoms with Crippen LogP contribution in [0.2, 0.25) is 0 Å². The fraction of sp³-hybridized carbons (Fsp3) is 0.900. The number of aliphatic imine (C=N–C) groups is 1. The Morgan fingerprint density at radius 2 is 2.09 bits per heavy atom. The second-order valence-electron chi connectivity index (χ2n) is 4.84. The molecule has 0 aromatic heterocycles. The van der Waals surface area contributed by atoms with Crippen molar-refractivity contribution in [3.05, 3.63) is 0 Å². The summed E-state index contributed by atoms with van der Waals surface area (Å²) in [6.07, 6.45) is 1.23. The molecule has 1 aliphatic heterocycles. The zero-order valence-electron chi connectivity index (χ0n) is 7.89. The van der Waals surface area contributed by atoms with Crippen LogP contribution in [0.5, 0.6) is 0 Å². The first-order chi connectivity index (χ1) is 5.03. The van der Waals surface area contributed by atoms with E-state index in [-0.39, 0.29) is 0 Å². The van der Waals surface area contributed by atoms with Crippen LogP contribution in [0.3, 0.4) is 0 Å². The van der Waals surface area contributed by atoms with Crippen molar-refractivity contribution in [1.29, 1.82) is 0 Å². The second kappa shape index (κ2) is 1.88. The summed E-state index contributed by atoms with van der Waals surface area (Å²) in [5.74, 6) is 1.75. The second-order valence-corrected chi connectivity index (χ2v) is 4.84. The molecular weight excluding hydrogens is 134 g/mol. The minimum Gasteiger partial charge on any atom is -0.290 e. The molecule has 62 valence electrons. The van der Waals surface area contributed by atoms with Gasteiger partial charge in [-0.15, -0.1) is 0 Å². The van der Waals surface area contributed by atoms with Gasteiger partial charge in [-0.05, 0) is 30.6 Å². The van der Waals surface area contributed by atoms with E-state index in [1.807, 2.05) is 0 Å². The third kappa shape index (κ3) is 0.863. The Balaban J connectivity index is 2.25. The predicted molar refractivity (Wildman–Crippen MR) is 47.9 cm³/mol. The third-order valence-corrected chi connectivity index (χ3v) is 3.44. The van der Waals surface area contributed by atoms with Crippen molar-refractivity contribution >= 4 is 5.71 Å². The lowest BCUT2D eigenvalue weighted by atomic mass is 9.94. The summed E-state index contributed by atoms with van der Waals surface area (Å²) in [6.45, 7) is 9.23. The van der Waals surface area contributed by atoms with Crippen LogP contribution >= 0.6 is 0 Å². The van der Waals surface area contributed by atoms with E-state index in [2.05, 4.69) is 32.7 Å². The number of hydrogen-bond donors (Lipinski definition) is 0. The van der Waals surface area contributed by atoms with E-state index in [0.29, 0.717) is 11.5 Å². The smallest absolute Gasteiger partial charge is 0.0589 e. The standard InChI is InChI=1S/C10H17N/c1-6-5-7(2)11-9-8(6)10(9,3)4/h6,8-9H,5H2,1-4H3/t6-,8+,9-/m0/s1. The molecule has 0 amide bonds. The molecule has 0 bridgehead atoms. The maximum atomic E-state index is 4.68. The van der Waals surface area contributed by atoms with E-state index in [9.17, 15) is 0 Å². The van der Waals surface area contributed by atoms with E-state index >= 15 is 0 Å². The Bertz CT molecular complexity index is 215. The number of nitrogens with zero attached hydrogens (tertiary/aromatic N) is 1. The highest BCUT2D eigenvalue weighted by Gasteiger charge is 2.61. The van der Waals surface area contributed by atoms with E-state index in [1.54, 1.807) is 0 Å². The Labute approximate surface area is 68.9 Å². The molecule has 1 nitrogen and oxygen atoms in total. The van der Waals surface area contributed by atoms with Crippen molar-refractivity contribution in [3.63, 3.8) is 0 Å². The van der Waals surface area contributed by atoms with Crippen molar-refractivity contribution in [2.75, 3.05) is 0 Å². The summed E-state index contributed by atoms with van der Waals surface area (Å²) < 4.78 is 0. The predicted octanol–water partition coefficient (Wildman–Crippen LogP) is 2.51. The van der Waals surface area contributed by atoms with Gasteiger partial charge in [-0.2, -0.15) is 0 Å². The highest BCUT2D eigenvalue weighted by molar-refractivity contribution is 5.83. The lowest BCUT2D eigenvalue weighted by molar-refractivity contribution is 0.431. The molecule has 0 spiro atoms. The molecule has 11 heavy (non-hydrogen) atoms. The van der Waals surface area contributed by atoms with Crippen LogP contribution in [0.4, 0.5) is 0 Å². The summed E-state index contributed by atoms with van der Waals surface area (Å²) >= 11 is 0. The fourth-order valence-electron chi connectivity index (χ4n) is 2.82. The quantitative estimate of drug-likeness (QED) is 0.504. The monoisotopic (exact) mass is 151 g/mol. The van der Waals surface area contributed by atoms with Crippen LogP contribution in [-0.2, 0) is 0 Å². The summed E-state index contributed by atoms with van der Waals surface area (Å²) in [6, 6.07) is 0.659. The molecule has 0 N–H and O–H groups in total. The van der Waals surface area contributed by atoms with E-state index in [4.69, 9.17) is 0 Å². The molecule has 0 unspecified atom stereocenters. The van der Waals surface area contributed by atoms with Crippen molar-refractivity contribution in [1.82, 2.24) is 0 Å². The highest BCUT2D eigenvalue weighted by atomic mass is 15.0. The van der Waals surface area contributed by atoms with Crippen LogP contribution in [0, 0.1) is 17.3 Å². The maximum Gasteiger partial charge on any atom is 0.0589 e. The topological polar surface area (TPSA) is 12.4 Å². The van der Waals surface area contributed by atoms with Crippen LogP contribution in [0.15, 0.2) is 4.99 Å². The molecular formula is C10H17N. The van der Waals surface area contributed by atoms with Crippen LogP contribution in [0.25, 0.3) is 0 Å². The van der Waals surface area contributed by atoms with Gasteiger partial charge in [-0.1, -0.05) is 20.8 Å². The highest BCUT2D eigenvalue weighted by Crippen LogP contribution is 2.60. The largest absolute Gasteiger partial charge is 0.290 e. The van der Waals surface area contributed by atoms with E-state index in [0.717, 1.165) is 11.8 Å². The molecule has 3 atom stereocenters. The normalized spacial score (nSPS) is 46.2. The van der Waals surface area contributed by atoms with Gasteiger partial charge in [-0.3, -0.25) is 4.99 Å². The molecule has 1 heteroatoms. The molecule has 0 aromatic carbocycles. The van der Waals surface area contributed by atoms with Crippen molar-refractivity contribution in [3.8, 4) is 0 Å². The Morgan fingerprint density at radius 3 is 2.64 bits per heavy atom. The minimum absolute atomic E-state index is 0.511. The number of hydrogen-bond acceptors (Lipinski definition) is 1. The van der Waals surface area contributed by atoms with Crippen molar-refractivity contribution < 1.29 is 0 Å². The van der Waals surface area contributed by atoms with Gasteiger partial charge in [0.15, 0.2) is 0 Å². The summed E-state index contributed by atoms with van der Waals surface area (Å²) in [5, 5.41) is 0. The Morgan fingerprint density at radius 1 is 1.45 bits per heavy atom. The van der Waals surface area contributed by atoms with E-state index in [1.165, 1.54) is 12.1 Å². The minimum atomic E-state index is 0.511. The van der Waals surface area contributed by atoms with Crippen LogP contribution < -0.4 is 0 Å². The zero-order chi connectivity index (χ0) is 8.22. The van der Waals surface area contributed by atoms with Gasteiger partial charge < -0.3 is 0 Å². The molecule has 0 radical (unpaired) electrons. The van der Waals surface area contributed by atoms with Gasteiger partial charge in [-0.25, -0.2) is 0 Å². The van der Waals surface area contributed by atoms with Crippen LogP contribution in [0.1, 0.15) is 34.1 Å². The first kappa shape index (κ1) is 7.33. The lowest BCUT2D eigenvalue weighted by Crippen LogP contribution is -2.12. The van der Waals surface area contributed by atoms with E-state index < -0.39 is 0 Å². The number of fused-ring (bicyclic) bond motifs is 1. The van der Waals surface area contributed by atoms with Gasteiger partial charge in [0.2, 0.25) is 0 Å².